The molecule has 1 aliphatic carbocycles. The van der Waals surface area contributed by atoms with Crippen LogP contribution in [0.4, 0.5) is 17.6 Å². The molecule has 7 aromatic rings. The lowest BCUT2D eigenvalue weighted by Crippen LogP contribution is -2.04. The molecule has 59 heavy (non-hydrogen) atoms. The molecule has 0 radical (unpaired) electrons. The number of aromatic nitrogens is 1. The molecule has 9 heteroatoms. The zero-order valence-electron chi connectivity index (χ0n) is 33.0. The standard InChI is InChI=1S/C15H13N.C15H12.C12H12N2.C8F4N2/c1-16-14-10-6-5-9-13(14)11-15(16)12-7-3-2-4-8-12;1-2-6-12(7-3-1)15-10-13-8-4-5-9-14(13)11-15;1-7-8(2)12(6-14)10(4)9(3)11(7)5-13;9-5-3(1-13)6(10)8(12)4(2-14)7(5)11/h2-11H,1H3;1-10H,11H2;1-4H3;. The van der Waals surface area contributed by atoms with Crippen LogP contribution in [0.5, 0.6) is 0 Å². The summed E-state index contributed by atoms with van der Waals surface area (Å²) >= 11 is 0. The van der Waals surface area contributed by atoms with Crippen molar-refractivity contribution in [2.75, 3.05) is 0 Å². The van der Waals surface area contributed by atoms with E-state index in [-0.39, 0.29) is 0 Å². The summed E-state index contributed by atoms with van der Waals surface area (Å²) in [6.45, 7) is 7.56. The second-order valence-corrected chi connectivity index (χ2v) is 13.6. The molecule has 8 rings (SSSR count). The highest BCUT2D eigenvalue weighted by Gasteiger charge is 2.25. The van der Waals surface area contributed by atoms with Gasteiger partial charge in [-0.15, -0.1) is 0 Å². The Hall–Kier alpha value is -7.72. The van der Waals surface area contributed by atoms with Crippen LogP contribution in [-0.4, -0.2) is 4.57 Å². The predicted molar refractivity (Wildman–Crippen MR) is 223 cm³/mol. The van der Waals surface area contributed by atoms with E-state index < -0.39 is 34.4 Å². The first kappa shape index (κ1) is 42.4. The SMILES string of the molecule is C1=C(c2ccccc2)Cc2ccccc21.Cc1c(C)c(C#N)c(C)c(C)c1C#N.Cn1c(-c2ccccc2)cc2ccccc21.N#Cc1c(F)c(F)c(C#N)c(F)c1F. The topological polar surface area (TPSA) is 100 Å². The molecular weight excluding hydrogens is 747 g/mol. The van der Waals surface area contributed by atoms with Gasteiger partial charge in [0, 0.05) is 23.6 Å². The van der Waals surface area contributed by atoms with Gasteiger partial charge in [-0.2, -0.15) is 21.0 Å². The zero-order chi connectivity index (χ0) is 42.8. The molecule has 290 valence electrons. The minimum Gasteiger partial charge on any atom is -0.344 e. The van der Waals surface area contributed by atoms with Crippen LogP contribution in [0.25, 0.3) is 33.8 Å². The van der Waals surface area contributed by atoms with Crippen molar-refractivity contribution >= 4 is 22.6 Å². The molecule has 0 saturated carbocycles. The average Bonchev–Trinajstić information content (AvgIpc) is 3.86. The second-order valence-electron chi connectivity index (χ2n) is 13.6. The molecular formula is C50H37F4N5. The Morgan fingerprint density at radius 3 is 1.34 bits per heavy atom. The van der Waals surface area contributed by atoms with Gasteiger partial charge < -0.3 is 4.57 Å². The number of halogens is 4. The van der Waals surface area contributed by atoms with Crippen molar-refractivity contribution < 1.29 is 17.6 Å². The van der Waals surface area contributed by atoms with Crippen molar-refractivity contribution in [2.45, 2.75) is 34.1 Å². The lowest BCUT2D eigenvalue weighted by molar-refractivity contribution is 0.446. The molecule has 1 aliphatic rings. The molecule has 0 fully saturated rings. The lowest BCUT2D eigenvalue weighted by atomic mass is 9.90. The highest BCUT2D eigenvalue weighted by molar-refractivity contribution is 5.88. The summed E-state index contributed by atoms with van der Waals surface area (Å²) in [5.74, 6) is -7.43. The van der Waals surface area contributed by atoms with Crippen LogP contribution in [0.1, 0.15) is 61.2 Å². The van der Waals surface area contributed by atoms with Crippen LogP contribution in [0.2, 0.25) is 0 Å². The number of allylic oxidation sites excluding steroid dienone is 1. The van der Waals surface area contributed by atoms with Crippen molar-refractivity contribution in [2.24, 2.45) is 7.05 Å². The maximum absolute atomic E-state index is 12.7. The largest absolute Gasteiger partial charge is 0.344 e. The van der Waals surface area contributed by atoms with E-state index in [9.17, 15) is 17.6 Å². The van der Waals surface area contributed by atoms with Crippen molar-refractivity contribution in [3.63, 3.8) is 0 Å². The Bertz CT molecular complexity index is 2640. The van der Waals surface area contributed by atoms with Crippen LogP contribution < -0.4 is 0 Å². The molecule has 6 aromatic carbocycles. The molecule has 1 aromatic heterocycles. The van der Waals surface area contributed by atoms with Gasteiger partial charge in [-0.25, -0.2) is 17.6 Å². The summed E-state index contributed by atoms with van der Waals surface area (Å²) < 4.78 is 53.2. The number of fused-ring (bicyclic) bond motifs is 2. The quantitative estimate of drug-likeness (QED) is 0.129. The van der Waals surface area contributed by atoms with E-state index in [1.807, 2.05) is 33.8 Å². The van der Waals surface area contributed by atoms with Gasteiger partial charge in [-0.05, 0) is 96.3 Å². The van der Waals surface area contributed by atoms with E-state index in [2.05, 4.69) is 139 Å². The summed E-state index contributed by atoms with van der Waals surface area (Å²) in [6, 6.07) is 46.7. The fourth-order valence-corrected chi connectivity index (χ4v) is 6.77. The number of para-hydroxylation sites is 1. The van der Waals surface area contributed by atoms with E-state index in [0.717, 1.165) is 40.8 Å². The van der Waals surface area contributed by atoms with Crippen LogP contribution in [-0.2, 0) is 13.5 Å². The number of nitrogens with zero attached hydrogens (tertiary/aromatic N) is 5. The van der Waals surface area contributed by atoms with Gasteiger partial charge in [0.2, 0.25) is 0 Å². The molecule has 1 heterocycles. The summed E-state index contributed by atoms with van der Waals surface area (Å²) in [6.07, 6.45) is 3.37. The molecule has 5 nitrogen and oxygen atoms in total. The number of rotatable bonds is 2. The Kier molecular flexibility index (Phi) is 13.6. The van der Waals surface area contributed by atoms with Crippen LogP contribution in [0.15, 0.2) is 115 Å². The highest BCUT2D eigenvalue weighted by Crippen LogP contribution is 2.31. The first-order chi connectivity index (χ1) is 28.4. The Balaban J connectivity index is 0.000000150. The highest BCUT2D eigenvalue weighted by atomic mass is 19.2. The Morgan fingerprint density at radius 2 is 0.898 bits per heavy atom. The van der Waals surface area contributed by atoms with E-state index in [0.29, 0.717) is 11.1 Å². The summed E-state index contributed by atoms with van der Waals surface area (Å²) in [7, 11) is 2.12. The minimum atomic E-state index is -1.86. The third kappa shape index (κ3) is 8.97. The van der Waals surface area contributed by atoms with Crippen molar-refractivity contribution in [1.82, 2.24) is 4.57 Å². The molecule has 0 spiro atoms. The van der Waals surface area contributed by atoms with Crippen LogP contribution in [0.3, 0.4) is 0 Å². The fraction of sp³-hybridized carbons (Fsp3) is 0.120. The number of hydrogen-bond acceptors (Lipinski definition) is 4. The fourth-order valence-electron chi connectivity index (χ4n) is 6.77. The molecule has 0 atom stereocenters. The average molecular weight is 784 g/mol. The van der Waals surface area contributed by atoms with E-state index >= 15 is 0 Å². The van der Waals surface area contributed by atoms with Gasteiger partial charge in [0.15, 0.2) is 23.3 Å². The van der Waals surface area contributed by atoms with Crippen molar-refractivity contribution in [3.8, 4) is 35.5 Å². The molecule has 0 saturated heterocycles. The molecule has 0 bridgehead atoms. The Labute approximate surface area is 341 Å². The van der Waals surface area contributed by atoms with E-state index in [4.69, 9.17) is 21.0 Å². The maximum Gasteiger partial charge on any atom is 0.181 e. The van der Waals surface area contributed by atoms with Gasteiger partial charge in [0.1, 0.15) is 23.3 Å². The normalized spacial score (nSPS) is 10.8. The van der Waals surface area contributed by atoms with Gasteiger partial charge in [-0.3, -0.25) is 0 Å². The number of aryl methyl sites for hydroxylation is 1. The first-order valence-electron chi connectivity index (χ1n) is 18.4. The molecule has 0 unspecified atom stereocenters. The predicted octanol–water partition coefficient (Wildman–Crippen LogP) is 12.3. The number of nitriles is 4. The van der Waals surface area contributed by atoms with Crippen LogP contribution >= 0.6 is 0 Å². The van der Waals surface area contributed by atoms with E-state index in [1.165, 1.54) is 44.4 Å². The lowest BCUT2D eigenvalue weighted by Gasteiger charge is -2.12. The summed E-state index contributed by atoms with van der Waals surface area (Å²) in [5, 5.41) is 35.6. The first-order valence-corrected chi connectivity index (χ1v) is 18.4. The zero-order valence-corrected chi connectivity index (χ0v) is 33.0. The van der Waals surface area contributed by atoms with Crippen molar-refractivity contribution in [1.29, 1.82) is 21.0 Å². The molecule has 0 aliphatic heterocycles. The third-order valence-electron chi connectivity index (χ3n) is 10.3. The monoisotopic (exact) mass is 783 g/mol. The van der Waals surface area contributed by atoms with Gasteiger partial charge in [0.25, 0.3) is 0 Å². The smallest absolute Gasteiger partial charge is 0.181 e. The van der Waals surface area contributed by atoms with Gasteiger partial charge >= 0.3 is 0 Å². The summed E-state index contributed by atoms with van der Waals surface area (Å²) in [4.78, 5) is 0. The minimum absolute atomic E-state index is 0.707. The maximum atomic E-state index is 12.7. The number of benzene rings is 6. The van der Waals surface area contributed by atoms with Crippen molar-refractivity contribution in [3.05, 3.63) is 200 Å². The second kappa shape index (κ2) is 18.9. The summed E-state index contributed by atoms with van der Waals surface area (Å²) in [5.41, 5.74) is 11.7. The molecule has 0 N–H and O–H groups in total. The van der Waals surface area contributed by atoms with Gasteiger partial charge in [-0.1, -0.05) is 109 Å². The Morgan fingerprint density at radius 1 is 0.492 bits per heavy atom. The number of hydrogen-bond donors (Lipinski definition) is 0. The molecule has 0 amide bonds. The third-order valence-corrected chi connectivity index (χ3v) is 10.3. The van der Waals surface area contributed by atoms with Gasteiger partial charge in [0.05, 0.1) is 23.3 Å². The van der Waals surface area contributed by atoms with Crippen LogP contribution in [0, 0.1) is 96.3 Å². The van der Waals surface area contributed by atoms with E-state index in [1.54, 1.807) is 0 Å².